The molecule has 0 unspecified atom stereocenters. The Hall–Kier alpha value is -0.860. The Morgan fingerprint density at radius 1 is 1.36 bits per heavy atom. The fourth-order valence-electron chi connectivity index (χ4n) is 1.98. The molecule has 2 N–H and O–H groups in total. The van der Waals surface area contributed by atoms with Gasteiger partial charge in [0, 0.05) is 25.7 Å². The summed E-state index contributed by atoms with van der Waals surface area (Å²) in [6.45, 7) is 5.44. The molecule has 1 heterocycles. The normalized spacial score (nSPS) is 22.2. The summed E-state index contributed by atoms with van der Waals surface area (Å²) in [6.07, 6.45) is 1.13. The van der Waals surface area contributed by atoms with E-state index >= 15 is 0 Å². The van der Waals surface area contributed by atoms with Crippen LogP contribution in [0, 0.1) is 6.92 Å². The number of hydrogen-bond acceptors (Lipinski definition) is 2. The van der Waals surface area contributed by atoms with Crippen molar-refractivity contribution in [2.75, 3.05) is 19.6 Å². The number of rotatable bonds is 2. The van der Waals surface area contributed by atoms with Crippen molar-refractivity contribution in [1.82, 2.24) is 10.6 Å². The van der Waals surface area contributed by atoms with E-state index in [9.17, 15) is 0 Å². The van der Waals surface area contributed by atoms with Crippen molar-refractivity contribution in [3.63, 3.8) is 0 Å². The Kier molecular flexibility index (Phi) is 3.17. The summed E-state index contributed by atoms with van der Waals surface area (Å²) < 4.78 is 0. The van der Waals surface area contributed by atoms with Crippen molar-refractivity contribution in [3.05, 3.63) is 35.4 Å². The Balaban J connectivity index is 1.95. The Bertz CT molecular complexity index is 290. The molecule has 0 radical (unpaired) electrons. The molecule has 2 rings (SSSR count). The molecule has 1 aliphatic heterocycles. The lowest BCUT2D eigenvalue weighted by Crippen LogP contribution is -2.49. The zero-order valence-electron chi connectivity index (χ0n) is 8.72. The van der Waals surface area contributed by atoms with Crippen LogP contribution in [0.25, 0.3) is 0 Å². The zero-order chi connectivity index (χ0) is 9.80. The van der Waals surface area contributed by atoms with Crippen LogP contribution in [0.3, 0.4) is 0 Å². The summed E-state index contributed by atoms with van der Waals surface area (Å²) in [5.74, 6) is 0. The lowest BCUT2D eigenvalue weighted by molar-refractivity contribution is 0.416. The minimum atomic E-state index is 0.602. The smallest absolute Gasteiger partial charge is 0.0233 e. The Morgan fingerprint density at radius 2 is 2.29 bits per heavy atom. The van der Waals surface area contributed by atoms with Crippen LogP contribution in [-0.2, 0) is 6.42 Å². The lowest BCUT2D eigenvalue weighted by atomic mass is 10.0. The topological polar surface area (TPSA) is 24.1 Å². The van der Waals surface area contributed by atoms with E-state index in [1.165, 1.54) is 11.1 Å². The van der Waals surface area contributed by atoms with Gasteiger partial charge in [-0.3, -0.25) is 0 Å². The maximum absolute atomic E-state index is 3.52. The van der Waals surface area contributed by atoms with E-state index in [0.29, 0.717) is 6.04 Å². The van der Waals surface area contributed by atoms with Crippen LogP contribution >= 0.6 is 0 Å². The molecule has 0 amide bonds. The maximum atomic E-state index is 3.52. The molecule has 1 aromatic carbocycles. The fourth-order valence-corrected chi connectivity index (χ4v) is 1.98. The summed E-state index contributed by atoms with van der Waals surface area (Å²) in [5, 5.41) is 6.93. The van der Waals surface area contributed by atoms with Gasteiger partial charge < -0.3 is 10.6 Å². The van der Waals surface area contributed by atoms with Crippen molar-refractivity contribution in [1.29, 1.82) is 0 Å². The molecule has 0 aromatic heterocycles. The van der Waals surface area contributed by atoms with Gasteiger partial charge in [0.25, 0.3) is 0 Å². The first kappa shape index (κ1) is 9.69. The molecule has 1 saturated heterocycles. The van der Waals surface area contributed by atoms with Crippen molar-refractivity contribution < 1.29 is 0 Å². The number of aryl methyl sites for hydroxylation is 1. The highest BCUT2D eigenvalue weighted by Crippen LogP contribution is 2.07. The van der Waals surface area contributed by atoms with Crippen molar-refractivity contribution >= 4 is 0 Å². The molecule has 14 heavy (non-hydrogen) atoms. The fraction of sp³-hybridized carbons (Fsp3) is 0.500. The van der Waals surface area contributed by atoms with Crippen LogP contribution in [-0.4, -0.2) is 25.7 Å². The molecule has 1 fully saturated rings. The van der Waals surface area contributed by atoms with Gasteiger partial charge in [0.1, 0.15) is 0 Å². The molecule has 1 atom stereocenters. The molecule has 0 aliphatic carbocycles. The number of benzene rings is 1. The summed E-state index contributed by atoms with van der Waals surface area (Å²) in [4.78, 5) is 0. The second-order valence-corrected chi connectivity index (χ2v) is 4.05. The van der Waals surface area contributed by atoms with Crippen molar-refractivity contribution in [2.45, 2.75) is 19.4 Å². The van der Waals surface area contributed by atoms with Crippen molar-refractivity contribution in [2.24, 2.45) is 0 Å². The highest BCUT2D eigenvalue weighted by molar-refractivity contribution is 5.23. The molecule has 1 aromatic rings. The third-order valence-electron chi connectivity index (χ3n) is 2.69. The Morgan fingerprint density at radius 3 is 3.00 bits per heavy atom. The first-order valence-corrected chi connectivity index (χ1v) is 5.34. The third kappa shape index (κ3) is 2.56. The van der Waals surface area contributed by atoms with Gasteiger partial charge in [-0.25, -0.2) is 0 Å². The standard InChI is InChI=1S/C12H18N2/c1-10-3-2-4-11(7-10)8-12-9-13-5-6-14-12/h2-4,7,12-14H,5-6,8-9H2,1H3/t12-/m0/s1. The predicted octanol–water partition coefficient (Wildman–Crippen LogP) is 1.10. The Labute approximate surface area is 85.7 Å². The predicted molar refractivity (Wildman–Crippen MR) is 59.5 cm³/mol. The second-order valence-electron chi connectivity index (χ2n) is 4.05. The van der Waals surface area contributed by atoms with Crippen LogP contribution < -0.4 is 10.6 Å². The van der Waals surface area contributed by atoms with Gasteiger partial charge >= 0.3 is 0 Å². The minimum Gasteiger partial charge on any atom is -0.314 e. The van der Waals surface area contributed by atoms with Gasteiger partial charge in [-0.15, -0.1) is 0 Å². The van der Waals surface area contributed by atoms with E-state index < -0.39 is 0 Å². The molecule has 0 spiro atoms. The highest BCUT2D eigenvalue weighted by Gasteiger charge is 2.11. The number of nitrogens with one attached hydrogen (secondary N) is 2. The van der Waals surface area contributed by atoms with E-state index in [0.717, 1.165) is 26.1 Å². The summed E-state index contributed by atoms with van der Waals surface area (Å²) in [7, 11) is 0. The molecule has 76 valence electrons. The zero-order valence-corrected chi connectivity index (χ0v) is 8.72. The quantitative estimate of drug-likeness (QED) is 0.729. The van der Waals surface area contributed by atoms with Gasteiger partial charge in [0.15, 0.2) is 0 Å². The third-order valence-corrected chi connectivity index (χ3v) is 2.69. The van der Waals surface area contributed by atoms with E-state index in [1.807, 2.05) is 0 Å². The first-order valence-electron chi connectivity index (χ1n) is 5.34. The SMILES string of the molecule is Cc1cccc(C[C@H]2CNCCN2)c1. The summed E-state index contributed by atoms with van der Waals surface area (Å²) in [6, 6.07) is 9.38. The molecule has 2 nitrogen and oxygen atoms in total. The highest BCUT2D eigenvalue weighted by atomic mass is 15.0. The molecule has 2 heteroatoms. The van der Waals surface area contributed by atoms with Crippen LogP contribution in [0.4, 0.5) is 0 Å². The van der Waals surface area contributed by atoms with E-state index in [2.05, 4.69) is 41.8 Å². The van der Waals surface area contributed by atoms with E-state index in [-0.39, 0.29) is 0 Å². The van der Waals surface area contributed by atoms with Gasteiger partial charge in [0.2, 0.25) is 0 Å². The largest absolute Gasteiger partial charge is 0.314 e. The maximum Gasteiger partial charge on any atom is 0.0233 e. The second kappa shape index (κ2) is 4.58. The molecular weight excluding hydrogens is 172 g/mol. The molecular formula is C12H18N2. The van der Waals surface area contributed by atoms with Crippen LogP contribution in [0.5, 0.6) is 0 Å². The number of piperazine rings is 1. The summed E-state index contributed by atoms with van der Waals surface area (Å²) in [5.41, 5.74) is 2.79. The minimum absolute atomic E-state index is 0.602. The van der Waals surface area contributed by atoms with Gasteiger partial charge in [-0.2, -0.15) is 0 Å². The molecule has 1 aliphatic rings. The van der Waals surface area contributed by atoms with Gasteiger partial charge in [-0.05, 0) is 18.9 Å². The van der Waals surface area contributed by atoms with Crippen molar-refractivity contribution in [3.8, 4) is 0 Å². The van der Waals surface area contributed by atoms with Crippen LogP contribution in [0.2, 0.25) is 0 Å². The average molecular weight is 190 g/mol. The monoisotopic (exact) mass is 190 g/mol. The van der Waals surface area contributed by atoms with Crippen LogP contribution in [0.15, 0.2) is 24.3 Å². The van der Waals surface area contributed by atoms with Crippen LogP contribution in [0.1, 0.15) is 11.1 Å². The van der Waals surface area contributed by atoms with Gasteiger partial charge in [0.05, 0.1) is 0 Å². The average Bonchev–Trinajstić information content (AvgIpc) is 2.19. The van der Waals surface area contributed by atoms with E-state index in [1.54, 1.807) is 0 Å². The molecule has 0 bridgehead atoms. The first-order chi connectivity index (χ1) is 6.84. The van der Waals surface area contributed by atoms with E-state index in [4.69, 9.17) is 0 Å². The lowest BCUT2D eigenvalue weighted by Gasteiger charge is -2.24. The molecule has 0 saturated carbocycles. The van der Waals surface area contributed by atoms with Gasteiger partial charge in [-0.1, -0.05) is 29.8 Å². The summed E-state index contributed by atoms with van der Waals surface area (Å²) >= 11 is 0. The number of hydrogen-bond donors (Lipinski definition) is 2.